The zero-order valence-corrected chi connectivity index (χ0v) is 90.4. The minimum absolute atomic E-state index is 1.13. The van der Waals surface area contributed by atoms with Gasteiger partial charge in [0.25, 0.3) is 0 Å². The van der Waals surface area contributed by atoms with Crippen molar-refractivity contribution < 1.29 is 27.4 Å². The molecule has 0 N–H and O–H groups in total. The van der Waals surface area contributed by atoms with Crippen molar-refractivity contribution in [1.82, 2.24) is 27.4 Å². The van der Waals surface area contributed by atoms with Gasteiger partial charge in [-0.25, -0.2) is 54.8 Å². The minimum Gasteiger partial charge on any atom is -0.240 e. The second-order valence-electron chi connectivity index (χ2n) is 46.1. The van der Waals surface area contributed by atoms with E-state index >= 15 is 0 Å². The molecule has 19 rings (SSSR count). The molecule has 12 nitrogen and oxygen atoms in total. The van der Waals surface area contributed by atoms with Crippen LogP contribution in [0.1, 0.15) is 380 Å². The van der Waals surface area contributed by atoms with Gasteiger partial charge < -0.3 is 0 Å². The average Bonchev–Trinajstić information content (AvgIpc) is 0.939. The Kier molecular flexibility index (Phi) is 36.6. The van der Waals surface area contributed by atoms with Crippen LogP contribution in [0.3, 0.4) is 0 Å². The molecule has 0 saturated heterocycles. The molecule has 144 heavy (non-hydrogen) atoms. The van der Waals surface area contributed by atoms with Crippen LogP contribution in [0.25, 0.3) is 129 Å². The molecule has 0 unspecified atom stereocenters. The highest BCUT2D eigenvalue weighted by atomic mass is 15.1. The first-order chi connectivity index (χ1) is 71.0. The Hall–Kier alpha value is -10.2. The van der Waals surface area contributed by atoms with Crippen LogP contribution in [0.15, 0.2) is 185 Å². The smallest absolute Gasteiger partial charge is 0.240 e. The Morgan fingerprint density at radius 1 is 0.132 bits per heavy atom. The van der Waals surface area contributed by atoms with Crippen molar-refractivity contribution in [1.29, 1.82) is 0 Å². The van der Waals surface area contributed by atoms with Crippen LogP contribution >= 0.6 is 0 Å². The van der Waals surface area contributed by atoms with E-state index in [0.29, 0.717) is 0 Å². The number of imidazole rings is 6. The second kappa shape index (κ2) is 51.4. The molecule has 6 heterocycles. The number of hydrogen-bond acceptors (Lipinski definition) is 0. The van der Waals surface area contributed by atoms with E-state index < -0.39 is 0 Å². The van der Waals surface area contributed by atoms with Crippen molar-refractivity contribution in [2.75, 3.05) is 0 Å². The van der Waals surface area contributed by atoms with Crippen LogP contribution in [0.4, 0.5) is 0 Å². The maximum atomic E-state index is 2.82. The first kappa shape index (κ1) is 102. The number of benzene rings is 13. The van der Waals surface area contributed by atoms with Crippen molar-refractivity contribution in [3.63, 3.8) is 0 Å². The van der Waals surface area contributed by atoms with Gasteiger partial charge in [0.05, 0.1) is 81.6 Å². The maximum absolute atomic E-state index is 2.82. The zero-order valence-electron chi connectivity index (χ0n) is 90.4. The highest BCUT2D eigenvalue weighted by Gasteiger charge is 2.34. The third kappa shape index (κ3) is 25.8. The molecule has 13 aromatic carbocycles. The molecule has 0 bridgehead atoms. The van der Waals surface area contributed by atoms with E-state index in [1.807, 2.05) is 0 Å². The van der Waals surface area contributed by atoms with E-state index in [2.05, 4.69) is 282 Å². The highest BCUT2D eigenvalue weighted by molar-refractivity contribution is 6.61. The first-order valence-electron chi connectivity index (χ1n) is 59.3. The van der Waals surface area contributed by atoms with Gasteiger partial charge in [-0.05, 0) is 317 Å². The quantitative estimate of drug-likeness (QED) is 0.0158. The summed E-state index contributed by atoms with van der Waals surface area (Å²) in [4.78, 5) is 0. The summed E-state index contributed by atoms with van der Waals surface area (Å²) in [7, 11) is 12.8. The van der Waals surface area contributed by atoms with Crippen molar-refractivity contribution in [2.45, 2.75) is 425 Å². The molecule has 0 fully saturated rings. The average molecular weight is 1930 g/mol. The Balaban J connectivity index is 0.695. The number of fused-ring (bicyclic) bond motifs is 6. The van der Waals surface area contributed by atoms with Gasteiger partial charge in [-0.1, -0.05) is 304 Å². The molecule has 0 aliphatic heterocycles. The van der Waals surface area contributed by atoms with Crippen LogP contribution in [-0.4, -0.2) is 27.4 Å². The number of hydrogen-bond donors (Lipinski definition) is 0. The minimum atomic E-state index is 1.13. The summed E-state index contributed by atoms with van der Waals surface area (Å²) in [5.41, 5.74) is 9.34. The Bertz CT molecular complexity index is 5820. The van der Waals surface area contributed by atoms with Crippen molar-refractivity contribution in [3.05, 3.63) is 219 Å². The predicted octanol–water partition coefficient (Wildman–Crippen LogP) is 32.4. The standard InChI is InChI=1S/C132H180N12/c1-133-73-79-139(97-133)67-55-43-31-19-7-13-25-37-49-61-103-85-109-111-87-104(62-50-38-26-14-8-20-32-44-56-68-140-80-74-134(2)98-140)89-113-115-91-106(64-52-40-28-16-10-22-34-46-58-70-142-82-76-136(4)100-142)93-117-119-95-108(66-54-42-30-18-12-24-36-48-60-72-144-84-78-138(6)102-144)96-120-118-94-107(65-53-41-29-17-11-23-35-47-59-71-143-83-77-137(5)101-143)92-116-114-90-105(63-51-39-27-15-9-21-33-45-57-69-141-81-75-135(3)99-141)88-112-110(86-103)121(109)127-128(122(111)113)130(124(115)117)132(126(119)120)131(125(116)118)129(127)123(112)114/h73-102H,7-72H2,1-6H3/q+6. The summed E-state index contributed by atoms with van der Waals surface area (Å²) in [5, 5.41) is 37.3. The van der Waals surface area contributed by atoms with Gasteiger partial charge in [0, 0.05) is 0 Å². The third-order valence-electron chi connectivity index (χ3n) is 34.2. The van der Waals surface area contributed by atoms with Crippen LogP contribution in [0.5, 0.6) is 0 Å². The van der Waals surface area contributed by atoms with Gasteiger partial charge in [0.15, 0.2) is 0 Å². The lowest BCUT2D eigenvalue weighted by molar-refractivity contribution is -0.671. The van der Waals surface area contributed by atoms with Crippen LogP contribution in [-0.2, 0) is 120 Å². The van der Waals surface area contributed by atoms with Gasteiger partial charge >= 0.3 is 0 Å². The van der Waals surface area contributed by atoms with Gasteiger partial charge in [-0.3, -0.25) is 0 Å². The van der Waals surface area contributed by atoms with E-state index in [9.17, 15) is 0 Å². The second-order valence-corrected chi connectivity index (χ2v) is 46.1. The summed E-state index contributed by atoms with van der Waals surface area (Å²) in [6, 6.07) is 33.8. The molecule has 0 atom stereocenters. The summed E-state index contributed by atoms with van der Waals surface area (Å²) >= 11 is 0. The van der Waals surface area contributed by atoms with Gasteiger partial charge in [-0.2, -0.15) is 0 Å². The fourth-order valence-electron chi connectivity index (χ4n) is 26.5. The van der Waals surface area contributed by atoms with E-state index in [4.69, 9.17) is 0 Å². The fraction of sp³-hybridized carbons (Fsp3) is 0.545. The van der Waals surface area contributed by atoms with Crippen molar-refractivity contribution >= 4 is 129 Å². The van der Waals surface area contributed by atoms with Gasteiger partial charge in [0.1, 0.15) is 74.4 Å². The number of aryl methyl sites for hydroxylation is 18. The molecule has 0 amide bonds. The summed E-state index contributed by atoms with van der Waals surface area (Å²) in [5.74, 6) is 0. The molecule has 762 valence electrons. The van der Waals surface area contributed by atoms with Crippen molar-refractivity contribution in [3.8, 4) is 0 Å². The van der Waals surface area contributed by atoms with Gasteiger partial charge in [-0.15, -0.1) is 0 Å². The lowest BCUT2D eigenvalue weighted by Crippen LogP contribution is -2.23. The Labute approximate surface area is 863 Å². The molecule has 0 spiro atoms. The molecule has 0 radical (unpaired) electrons. The van der Waals surface area contributed by atoms with Crippen LogP contribution in [0.2, 0.25) is 0 Å². The van der Waals surface area contributed by atoms with Gasteiger partial charge in [0.2, 0.25) is 38.0 Å². The van der Waals surface area contributed by atoms with E-state index in [1.54, 1.807) is 98.0 Å². The third-order valence-corrected chi connectivity index (χ3v) is 34.2. The van der Waals surface area contributed by atoms with Crippen LogP contribution < -0.4 is 27.4 Å². The summed E-state index contributed by atoms with van der Waals surface area (Å²) in [6.45, 7) is 6.78. The molecular formula is C132H180N12+6. The normalized spacial score (nSPS) is 12.5. The SMILES string of the molecule is C[n+]1ccn(CCCCCCCCCCCc2cc3c4cc(CCCCCCCCCCCn5cc[n+](C)c5)cc5c6cc(CCCCCCCCCCCn7cc[n+](C)c7)cc7c8cc(CCCCCCCCCCCn9cc[n+](C)c9)cc9c%10cc(CCCCCCCCCCCn%11cc[n+](C)c%11)cc%11c%12cc(CCCCCCCCCCCn%13cc[n+](C)c%13)cc%13c(c2)c3c2c(c45)c(c67)c(c89)c(c%11%10)c2c%13%12)c1. The largest absolute Gasteiger partial charge is 0.243 e. The van der Waals surface area contributed by atoms with Crippen molar-refractivity contribution in [2.24, 2.45) is 42.3 Å². The number of rotatable bonds is 72. The Morgan fingerprint density at radius 2 is 0.236 bits per heavy atom. The van der Waals surface area contributed by atoms with Crippen LogP contribution in [0, 0.1) is 0 Å². The molecule has 12 heteroatoms. The molecule has 0 aliphatic carbocycles. The number of unbranched alkanes of at least 4 members (excludes halogenated alkanes) is 48. The summed E-state index contributed by atoms with van der Waals surface area (Å²) in [6.07, 6.45) is 118. The lowest BCUT2D eigenvalue weighted by Gasteiger charge is -2.30. The lowest BCUT2D eigenvalue weighted by atomic mass is 9.72. The highest BCUT2D eigenvalue weighted by Crippen LogP contribution is 2.61. The number of aromatic nitrogens is 12. The molecule has 0 aliphatic rings. The zero-order chi connectivity index (χ0) is 98.1. The molecule has 0 saturated carbocycles. The maximum Gasteiger partial charge on any atom is 0.243 e. The van der Waals surface area contributed by atoms with E-state index in [1.165, 1.54) is 411 Å². The monoisotopic (exact) mass is 1930 g/mol. The Morgan fingerprint density at radius 3 is 0.340 bits per heavy atom. The predicted molar refractivity (Wildman–Crippen MR) is 609 cm³/mol. The topological polar surface area (TPSA) is 52.9 Å². The van der Waals surface area contributed by atoms with E-state index in [-0.39, 0.29) is 0 Å². The number of nitrogens with zero attached hydrogens (tertiary/aromatic N) is 12. The molecular weight excluding hydrogens is 1750 g/mol. The molecule has 6 aromatic heterocycles. The first-order valence-corrected chi connectivity index (χ1v) is 59.3. The fourth-order valence-corrected chi connectivity index (χ4v) is 26.5. The molecule has 19 aromatic rings. The summed E-state index contributed by atoms with van der Waals surface area (Å²) < 4.78 is 27.1. The van der Waals surface area contributed by atoms with E-state index in [0.717, 1.165) is 77.8 Å².